The second-order valence-corrected chi connectivity index (χ2v) is 14.5. The van der Waals surface area contributed by atoms with Crippen molar-refractivity contribution in [3.05, 3.63) is 66.4 Å². The van der Waals surface area contributed by atoms with Crippen LogP contribution < -0.4 is 5.32 Å². The molecule has 1 amide bonds. The van der Waals surface area contributed by atoms with Crippen LogP contribution in [0, 0.1) is 5.92 Å². The zero-order chi connectivity index (χ0) is 24.9. The molecule has 1 N–H and O–H groups in total. The van der Waals surface area contributed by atoms with Crippen molar-refractivity contribution in [1.82, 2.24) is 9.62 Å². The topological polar surface area (TPSA) is 71.8 Å². The molecule has 0 bridgehead atoms. The molecule has 0 saturated heterocycles. The quantitative estimate of drug-likeness (QED) is 0.294. The van der Waals surface area contributed by atoms with Gasteiger partial charge in [-0.15, -0.1) is 0 Å². The van der Waals surface area contributed by atoms with Crippen LogP contribution in [0.15, 0.2) is 70.2 Å². The Labute approximate surface area is 205 Å². The van der Waals surface area contributed by atoms with Crippen molar-refractivity contribution in [3.63, 3.8) is 0 Å². The van der Waals surface area contributed by atoms with Crippen molar-refractivity contribution >= 4 is 35.2 Å². The Bertz CT molecular complexity index is 1140. The predicted molar refractivity (Wildman–Crippen MR) is 143 cm³/mol. The second kappa shape index (κ2) is 11.0. The molecule has 0 radical (unpaired) electrons. The molecule has 8 heteroatoms. The molecular formula is C26H37N2O4PS. The average molecular weight is 505 g/mol. The van der Waals surface area contributed by atoms with E-state index in [2.05, 4.69) is 27.6 Å². The fraction of sp³-hybridized carbons (Fsp3) is 0.423. The molecule has 0 fully saturated rings. The van der Waals surface area contributed by atoms with Crippen molar-refractivity contribution in [1.29, 1.82) is 0 Å². The Morgan fingerprint density at radius 2 is 1.82 bits per heavy atom. The summed E-state index contributed by atoms with van der Waals surface area (Å²) in [6.07, 6.45) is 1.76. The van der Waals surface area contributed by atoms with Crippen molar-refractivity contribution in [2.24, 2.45) is 5.92 Å². The number of amides is 1. The minimum Gasteiger partial charge on any atom is -0.464 e. The smallest absolute Gasteiger partial charge is 0.407 e. The summed E-state index contributed by atoms with van der Waals surface area (Å²) < 4.78 is 27.2. The van der Waals surface area contributed by atoms with Gasteiger partial charge in [-0.3, -0.25) is 4.21 Å². The summed E-state index contributed by atoms with van der Waals surface area (Å²) in [5.41, 5.74) is 1.25. The van der Waals surface area contributed by atoms with E-state index in [0.717, 1.165) is 21.4 Å². The van der Waals surface area contributed by atoms with Gasteiger partial charge in [0.05, 0.1) is 6.26 Å². The zero-order valence-electron chi connectivity index (χ0n) is 20.7. The lowest BCUT2D eigenvalue weighted by atomic mass is 10.1. The number of hydrogen-bond donors (Lipinski definition) is 2. The van der Waals surface area contributed by atoms with Crippen molar-refractivity contribution in [2.75, 3.05) is 13.1 Å². The van der Waals surface area contributed by atoms with Gasteiger partial charge < -0.3 is 14.5 Å². The first-order valence-corrected chi connectivity index (χ1v) is 14.9. The van der Waals surface area contributed by atoms with Crippen LogP contribution in [0.1, 0.15) is 40.2 Å². The number of carbonyl (C=O) groups excluding carboxylic acids is 1. The molecule has 1 heterocycles. The van der Waals surface area contributed by atoms with Crippen LogP contribution in [-0.2, 0) is 20.9 Å². The third-order valence-corrected chi connectivity index (χ3v) is 9.34. The zero-order valence-corrected chi connectivity index (χ0v) is 22.7. The number of nitrogens with zero attached hydrogens (tertiary/aromatic N) is 1. The number of alkyl carbamates (subject to hydrolysis) is 1. The van der Waals surface area contributed by atoms with Crippen LogP contribution in [0.25, 0.3) is 11.0 Å². The molecule has 1 aromatic heterocycles. The van der Waals surface area contributed by atoms with E-state index in [9.17, 15) is 9.00 Å². The first kappa shape index (κ1) is 26.4. The summed E-state index contributed by atoms with van der Waals surface area (Å²) in [7, 11) is -0.413. The van der Waals surface area contributed by atoms with Crippen LogP contribution in [-0.4, -0.2) is 39.3 Å². The lowest BCUT2D eigenvalue weighted by molar-refractivity contribution is 0.0498. The summed E-state index contributed by atoms with van der Waals surface area (Å²) in [5.74, 6) is 0.283. The standard InChI is InChI=1S/C26H37N2O4PS/c1-19(2)17-28(34(30,33)23-11-12-24-21(16-23)13-14-31-24)18-22(15-20-9-7-6-8-10-20)27-25(29)32-26(3,4)5/h6-14,16,19,22,34H,15,17-18,33H2,1-5H3,(H,27,29)/t22-/m0/s1. The van der Waals surface area contributed by atoms with E-state index in [4.69, 9.17) is 9.15 Å². The Morgan fingerprint density at radius 1 is 1.12 bits per heavy atom. The van der Waals surface area contributed by atoms with Gasteiger partial charge in [-0.2, -0.15) is 0 Å². The highest BCUT2D eigenvalue weighted by Gasteiger charge is 2.28. The summed E-state index contributed by atoms with van der Waals surface area (Å²) in [6, 6.07) is 17.2. The molecule has 0 aliphatic carbocycles. The number of hydrogen-bond acceptors (Lipinski definition) is 4. The van der Waals surface area contributed by atoms with E-state index in [1.807, 2.05) is 79.7 Å². The van der Waals surface area contributed by atoms with E-state index in [-0.39, 0.29) is 12.0 Å². The number of thiol groups is 1. The lowest BCUT2D eigenvalue weighted by Crippen LogP contribution is -2.49. The van der Waals surface area contributed by atoms with E-state index in [1.54, 1.807) is 6.26 Å². The number of carbonyl (C=O) groups is 1. The molecule has 6 nitrogen and oxygen atoms in total. The first-order valence-electron chi connectivity index (χ1n) is 11.6. The number of rotatable bonds is 9. The van der Waals surface area contributed by atoms with Crippen molar-refractivity contribution in [3.8, 4) is 0 Å². The van der Waals surface area contributed by atoms with Gasteiger partial charge in [0.2, 0.25) is 0 Å². The molecule has 3 rings (SSSR count). The fourth-order valence-corrected chi connectivity index (χ4v) is 6.84. The van der Waals surface area contributed by atoms with E-state index in [1.165, 1.54) is 0 Å². The summed E-state index contributed by atoms with van der Waals surface area (Å²) in [5, 5.41) is 3.94. The number of furan rings is 1. The minimum absolute atomic E-state index is 0.283. The fourth-order valence-electron chi connectivity index (χ4n) is 3.84. The number of benzene rings is 2. The van der Waals surface area contributed by atoms with Gasteiger partial charge in [-0.25, -0.2) is 9.10 Å². The van der Waals surface area contributed by atoms with Gasteiger partial charge in [-0.05, 0) is 81.1 Å². The van der Waals surface area contributed by atoms with Gasteiger partial charge >= 0.3 is 6.09 Å². The lowest BCUT2D eigenvalue weighted by Gasteiger charge is -2.37. The van der Waals surface area contributed by atoms with E-state index < -0.39 is 21.4 Å². The van der Waals surface area contributed by atoms with Gasteiger partial charge in [-0.1, -0.05) is 44.2 Å². The molecule has 2 aromatic carbocycles. The summed E-state index contributed by atoms with van der Waals surface area (Å²) >= 11 is 0. The predicted octanol–water partition coefficient (Wildman–Crippen LogP) is 5.61. The average Bonchev–Trinajstić information content (AvgIpc) is 3.20. The molecule has 0 spiro atoms. The Kier molecular flexibility index (Phi) is 8.56. The highest BCUT2D eigenvalue weighted by atomic mass is 32.8. The van der Waals surface area contributed by atoms with Crippen LogP contribution >= 0.6 is 8.44 Å². The minimum atomic E-state index is -3.02. The second-order valence-electron chi connectivity index (χ2n) is 10.1. The maximum Gasteiger partial charge on any atom is 0.407 e. The SMILES string of the molecule is CC(C)CN(C[C@H](Cc1ccccc1)NC(=O)OC(C)(C)C)[SH](=O)(P)c1ccc2occc2c1. The number of fused-ring (bicyclic) bond motifs is 1. The van der Waals surface area contributed by atoms with Crippen LogP contribution in [0.2, 0.25) is 0 Å². The molecule has 186 valence electrons. The molecule has 0 saturated carbocycles. The third-order valence-electron chi connectivity index (χ3n) is 5.28. The van der Waals surface area contributed by atoms with Crippen LogP contribution in [0.5, 0.6) is 0 Å². The Hall–Kier alpha value is -2.21. The third kappa shape index (κ3) is 7.39. The van der Waals surface area contributed by atoms with Gasteiger partial charge in [0.1, 0.15) is 11.2 Å². The molecule has 0 aliphatic rings. The van der Waals surface area contributed by atoms with E-state index in [0.29, 0.717) is 19.5 Å². The number of nitrogens with one attached hydrogen (secondary N) is 1. The molecular weight excluding hydrogens is 467 g/mol. The number of ether oxygens (including phenoxy) is 1. The summed E-state index contributed by atoms with van der Waals surface area (Å²) in [4.78, 5) is 13.4. The summed E-state index contributed by atoms with van der Waals surface area (Å²) in [6.45, 7) is 10.8. The van der Waals surface area contributed by atoms with E-state index >= 15 is 0 Å². The molecule has 2 atom stereocenters. The van der Waals surface area contributed by atoms with Crippen LogP contribution in [0.4, 0.5) is 4.79 Å². The molecule has 0 aliphatic heterocycles. The normalized spacial score (nSPS) is 13.9. The van der Waals surface area contributed by atoms with Crippen molar-refractivity contribution in [2.45, 2.75) is 57.6 Å². The maximum absolute atomic E-state index is 14.2. The largest absolute Gasteiger partial charge is 0.464 e. The van der Waals surface area contributed by atoms with Gasteiger partial charge in [0.25, 0.3) is 0 Å². The molecule has 1 unspecified atom stereocenters. The molecule has 3 aromatic rings. The molecule has 34 heavy (non-hydrogen) atoms. The first-order chi connectivity index (χ1) is 15.9. The monoisotopic (exact) mass is 504 g/mol. The van der Waals surface area contributed by atoms with Crippen LogP contribution in [0.3, 0.4) is 0 Å². The van der Waals surface area contributed by atoms with Crippen molar-refractivity contribution < 1.29 is 18.2 Å². The van der Waals surface area contributed by atoms with Gasteiger partial charge in [0.15, 0.2) is 0 Å². The Morgan fingerprint density at radius 3 is 2.47 bits per heavy atom. The highest BCUT2D eigenvalue weighted by Crippen LogP contribution is 2.34. The Balaban J connectivity index is 1.90. The van der Waals surface area contributed by atoms with Gasteiger partial charge in [0, 0.05) is 29.4 Å². The maximum atomic E-state index is 14.2. The highest BCUT2D eigenvalue weighted by molar-refractivity contribution is 8.43.